The van der Waals surface area contributed by atoms with Crippen LogP contribution in [0.2, 0.25) is 10.0 Å². The number of aromatic nitrogens is 1. The van der Waals surface area contributed by atoms with Gasteiger partial charge in [-0.2, -0.15) is 13.2 Å². The zero-order chi connectivity index (χ0) is 25.1. The quantitative estimate of drug-likeness (QED) is 0.350. The van der Waals surface area contributed by atoms with E-state index in [0.717, 1.165) is 12.1 Å². The molecule has 2 aromatic carbocycles. The number of ketones is 1. The van der Waals surface area contributed by atoms with Crippen molar-refractivity contribution in [2.75, 3.05) is 5.73 Å². The molecule has 1 heterocycles. The number of nitrogens with zero attached hydrogens (tertiary/aromatic N) is 1. The number of carbonyl (C=O) groups excluding carboxylic acids is 1. The first kappa shape index (κ1) is 24.5. The zero-order valence-electron chi connectivity index (χ0n) is 17.8. The van der Waals surface area contributed by atoms with Gasteiger partial charge in [0.1, 0.15) is 0 Å². The molecule has 0 bridgehead atoms. The molecule has 1 aromatic heterocycles. The predicted octanol–water partition coefficient (Wildman–Crippen LogP) is 5.37. The van der Waals surface area contributed by atoms with Crippen LogP contribution in [-0.4, -0.2) is 27.8 Å². The van der Waals surface area contributed by atoms with Gasteiger partial charge < -0.3 is 15.4 Å². The molecule has 1 fully saturated rings. The van der Waals surface area contributed by atoms with E-state index < -0.39 is 46.3 Å². The molecule has 1 atom stereocenters. The van der Waals surface area contributed by atoms with Crippen LogP contribution in [0.1, 0.15) is 47.3 Å². The molecule has 11 heteroatoms. The maximum absolute atomic E-state index is 14.4. The number of rotatable bonds is 5. The molecule has 1 aliphatic rings. The highest BCUT2D eigenvalue weighted by atomic mass is 35.5. The summed E-state index contributed by atoms with van der Waals surface area (Å²) in [4.78, 5) is 25.3. The van der Waals surface area contributed by atoms with E-state index in [1.54, 1.807) is 0 Å². The second kappa shape index (κ2) is 8.25. The van der Waals surface area contributed by atoms with Crippen LogP contribution in [0, 0.1) is 6.92 Å². The van der Waals surface area contributed by atoms with E-state index in [0.29, 0.717) is 17.0 Å². The third-order valence-corrected chi connectivity index (χ3v) is 7.14. The molecule has 3 aromatic rings. The van der Waals surface area contributed by atoms with Gasteiger partial charge in [0.2, 0.25) is 11.4 Å². The van der Waals surface area contributed by atoms with E-state index in [1.807, 2.05) is 0 Å². The van der Waals surface area contributed by atoms with Crippen LogP contribution in [0.4, 0.5) is 18.9 Å². The number of anilines is 1. The van der Waals surface area contributed by atoms with Gasteiger partial charge in [-0.3, -0.25) is 4.79 Å². The first-order valence-corrected chi connectivity index (χ1v) is 11.0. The molecule has 3 N–H and O–H groups in total. The second-order valence-corrected chi connectivity index (χ2v) is 9.47. The summed E-state index contributed by atoms with van der Waals surface area (Å²) in [5.41, 5.74) is -0.248. The Balaban J connectivity index is 1.85. The van der Waals surface area contributed by atoms with E-state index in [1.165, 1.54) is 25.1 Å². The maximum Gasteiger partial charge on any atom is 0.424 e. The number of aliphatic hydroxyl groups is 1. The number of hydrogen-bond acceptors (Lipinski definition) is 6. The van der Waals surface area contributed by atoms with Crippen molar-refractivity contribution in [1.29, 1.82) is 0 Å². The molecular weight excluding hydrogens is 496 g/mol. The SMILES string of the molecule is Cc1noc(=O)c2ccc(C(=O)C(O)(CC3(c4ccc(Cl)cc4Cl)CCC3)C(F)(F)F)c(N)c12. The molecular formula is C23H19Cl2F3N2O4. The van der Waals surface area contributed by atoms with Gasteiger partial charge in [0.25, 0.3) is 0 Å². The number of nitrogens with two attached hydrogens (primary N) is 1. The van der Waals surface area contributed by atoms with Gasteiger partial charge in [0.15, 0.2) is 0 Å². The summed E-state index contributed by atoms with van der Waals surface area (Å²) in [6, 6.07) is 6.54. The Hall–Kier alpha value is -2.62. The van der Waals surface area contributed by atoms with E-state index in [-0.39, 0.29) is 34.3 Å². The van der Waals surface area contributed by atoms with Crippen molar-refractivity contribution in [3.8, 4) is 0 Å². The molecule has 0 spiro atoms. The number of carbonyl (C=O) groups is 1. The number of Topliss-reactive ketones (excluding diaryl/α,β-unsaturated/α-hetero) is 1. The second-order valence-electron chi connectivity index (χ2n) is 8.63. The standard InChI is InChI=1S/C23H19Cl2F3N2O4/c1-11-17-13(20(32)34-30-11)4-5-14(18(17)29)19(31)22(33,23(26,27)28)10-21(7-2-8-21)15-6-3-12(24)9-16(15)25/h3-6,9,33H,2,7-8,10,29H2,1H3. The molecule has 180 valence electrons. The summed E-state index contributed by atoms with van der Waals surface area (Å²) in [5, 5.41) is 14.9. The van der Waals surface area contributed by atoms with Gasteiger partial charge in [0.05, 0.1) is 16.8 Å². The summed E-state index contributed by atoms with van der Waals surface area (Å²) in [5.74, 6) is -1.62. The molecule has 1 aliphatic carbocycles. The Bertz CT molecular complexity index is 1370. The predicted molar refractivity (Wildman–Crippen MR) is 121 cm³/mol. The first-order chi connectivity index (χ1) is 15.8. The average Bonchev–Trinajstić information content (AvgIpc) is 2.72. The lowest BCUT2D eigenvalue weighted by atomic mass is 9.58. The number of aryl methyl sites for hydroxylation is 1. The van der Waals surface area contributed by atoms with Crippen molar-refractivity contribution in [2.24, 2.45) is 0 Å². The fourth-order valence-electron chi connectivity index (χ4n) is 4.67. The van der Waals surface area contributed by atoms with Gasteiger partial charge in [-0.05, 0) is 49.6 Å². The van der Waals surface area contributed by atoms with Crippen molar-refractivity contribution < 1.29 is 27.6 Å². The van der Waals surface area contributed by atoms with Crippen molar-refractivity contribution in [3.63, 3.8) is 0 Å². The highest BCUT2D eigenvalue weighted by Gasteiger charge is 2.63. The monoisotopic (exact) mass is 514 g/mol. The number of hydrogen-bond donors (Lipinski definition) is 2. The normalized spacial score (nSPS) is 17.3. The summed E-state index contributed by atoms with van der Waals surface area (Å²) in [6.07, 6.45) is -5.10. The van der Waals surface area contributed by atoms with Crippen LogP contribution >= 0.6 is 23.2 Å². The van der Waals surface area contributed by atoms with E-state index >= 15 is 0 Å². The Kier molecular flexibility index (Phi) is 5.95. The molecule has 0 amide bonds. The van der Waals surface area contributed by atoms with E-state index in [9.17, 15) is 27.9 Å². The van der Waals surface area contributed by atoms with Crippen molar-refractivity contribution in [3.05, 3.63) is 67.6 Å². The molecule has 1 saturated carbocycles. The van der Waals surface area contributed by atoms with Crippen LogP contribution in [0.15, 0.2) is 39.6 Å². The lowest BCUT2D eigenvalue weighted by Crippen LogP contribution is -2.57. The van der Waals surface area contributed by atoms with Crippen LogP contribution < -0.4 is 11.4 Å². The smallest absolute Gasteiger partial charge is 0.398 e. The largest absolute Gasteiger partial charge is 0.424 e. The molecule has 0 aliphatic heterocycles. The van der Waals surface area contributed by atoms with Gasteiger partial charge in [-0.15, -0.1) is 0 Å². The highest BCUT2D eigenvalue weighted by molar-refractivity contribution is 6.35. The third kappa shape index (κ3) is 3.76. The van der Waals surface area contributed by atoms with Crippen LogP contribution in [0.5, 0.6) is 0 Å². The van der Waals surface area contributed by atoms with Crippen LogP contribution in [0.3, 0.4) is 0 Å². The van der Waals surface area contributed by atoms with E-state index in [4.69, 9.17) is 28.9 Å². The topological polar surface area (TPSA) is 106 Å². The molecule has 1 unspecified atom stereocenters. The molecule has 0 saturated heterocycles. The highest BCUT2D eigenvalue weighted by Crippen LogP contribution is 2.54. The molecule has 4 rings (SSSR count). The Morgan fingerprint density at radius 2 is 1.91 bits per heavy atom. The Labute approximate surface area is 201 Å². The van der Waals surface area contributed by atoms with Gasteiger partial charge in [-0.25, -0.2) is 4.79 Å². The minimum absolute atomic E-state index is 0.00859. The first-order valence-electron chi connectivity index (χ1n) is 10.3. The number of fused-ring (bicyclic) bond motifs is 1. The van der Waals surface area contributed by atoms with Crippen LogP contribution in [0.25, 0.3) is 10.8 Å². The molecule has 6 nitrogen and oxygen atoms in total. The minimum atomic E-state index is -5.32. The number of benzene rings is 2. The molecule has 0 radical (unpaired) electrons. The summed E-state index contributed by atoms with van der Waals surface area (Å²) in [7, 11) is 0. The fraction of sp³-hybridized carbons (Fsp3) is 0.348. The third-order valence-electron chi connectivity index (χ3n) is 6.59. The summed E-state index contributed by atoms with van der Waals surface area (Å²) < 4.78 is 47.7. The molecule has 34 heavy (non-hydrogen) atoms. The van der Waals surface area contributed by atoms with Crippen LogP contribution in [-0.2, 0) is 5.41 Å². The summed E-state index contributed by atoms with van der Waals surface area (Å²) in [6.45, 7) is 1.43. The lowest BCUT2D eigenvalue weighted by molar-refractivity contribution is -0.245. The van der Waals surface area contributed by atoms with Crippen molar-refractivity contribution in [1.82, 2.24) is 5.16 Å². The Morgan fingerprint density at radius 3 is 2.47 bits per heavy atom. The zero-order valence-corrected chi connectivity index (χ0v) is 19.3. The van der Waals surface area contributed by atoms with Gasteiger partial charge in [0, 0.05) is 32.8 Å². The Morgan fingerprint density at radius 1 is 1.24 bits per heavy atom. The maximum atomic E-state index is 14.4. The lowest BCUT2D eigenvalue weighted by Gasteiger charge is -2.47. The van der Waals surface area contributed by atoms with Gasteiger partial charge in [-0.1, -0.05) is 40.8 Å². The summed E-state index contributed by atoms with van der Waals surface area (Å²) >= 11 is 12.2. The number of alkyl halides is 3. The van der Waals surface area contributed by atoms with Crippen molar-refractivity contribution >= 4 is 45.4 Å². The number of nitrogen functional groups attached to an aromatic ring is 1. The van der Waals surface area contributed by atoms with E-state index in [2.05, 4.69) is 9.68 Å². The fourth-order valence-corrected chi connectivity index (χ4v) is 5.28. The van der Waals surface area contributed by atoms with Crippen molar-refractivity contribution in [2.45, 2.75) is 49.8 Å². The minimum Gasteiger partial charge on any atom is -0.398 e. The number of halogens is 5. The average molecular weight is 515 g/mol. The van der Waals surface area contributed by atoms with Gasteiger partial charge >= 0.3 is 11.8 Å².